The summed E-state index contributed by atoms with van der Waals surface area (Å²) < 4.78 is 14.7. The van der Waals surface area contributed by atoms with Crippen LogP contribution in [0.1, 0.15) is 23.1 Å². The first kappa shape index (κ1) is 14.2. The lowest BCUT2D eigenvalue weighted by molar-refractivity contribution is 0.145. The van der Waals surface area contributed by atoms with Crippen molar-refractivity contribution >= 4 is 15.9 Å². The Hall–Kier alpha value is -1.23. The standard InChI is InChI=1S/C15H15BrFNO/c16-11-7-5-10(6-8-11)15(19)13(9-18)12-3-1-2-4-14(12)17/h1-8,13,15,19H,9,18H2. The van der Waals surface area contributed by atoms with Crippen LogP contribution in [-0.4, -0.2) is 11.7 Å². The van der Waals surface area contributed by atoms with Crippen molar-refractivity contribution in [2.75, 3.05) is 6.54 Å². The zero-order valence-electron chi connectivity index (χ0n) is 10.3. The van der Waals surface area contributed by atoms with Crippen LogP contribution in [-0.2, 0) is 0 Å². The Kier molecular flexibility index (Phi) is 4.69. The van der Waals surface area contributed by atoms with Crippen molar-refractivity contribution in [3.63, 3.8) is 0 Å². The average molecular weight is 324 g/mol. The fourth-order valence-corrected chi connectivity index (χ4v) is 2.36. The van der Waals surface area contributed by atoms with Crippen molar-refractivity contribution in [3.05, 3.63) is 69.9 Å². The third kappa shape index (κ3) is 3.21. The molecule has 2 nitrogen and oxygen atoms in total. The van der Waals surface area contributed by atoms with Crippen LogP contribution >= 0.6 is 15.9 Å². The predicted octanol–water partition coefficient (Wildman–Crippen LogP) is 3.36. The number of hydrogen-bond donors (Lipinski definition) is 2. The smallest absolute Gasteiger partial charge is 0.126 e. The third-order valence-corrected chi connectivity index (χ3v) is 3.68. The van der Waals surface area contributed by atoms with Gasteiger partial charge in [-0.05, 0) is 29.3 Å². The van der Waals surface area contributed by atoms with Gasteiger partial charge in [-0.15, -0.1) is 0 Å². The Labute approximate surface area is 120 Å². The summed E-state index contributed by atoms with van der Waals surface area (Å²) in [4.78, 5) is 0. The zero-order valence-corrected chi connectivity index (χ0v) is 11.8. The van der Waals surface area contributed by atoms with Gasteiger partial charge >= 0.3 is 0 Å². The number of aliphatic hydroxyl groups excluding tert-OH is 1. The van der Waals surface area contributed by atoms with Crippen LogP contribution in [0.15, 0.2) is 53.0 Å². The van der Waals surface area contributed by atoms with E-state index in [1.54, 1.807) is 30.3 Å². The lowest BCUT2D eigenvalue weighted by atomic mass is 9.89. The molecule has 0 saturated carbocycles. The molecule has 100 valence electrons. The molecule has 2 aromatic rings. The lowest BCUT2D eigenvalue weighted by Crippen LogP contribution is -2.21. The fraction of sp³-hybridized carbons (Fsp3) is 0.200. The summed E-state index contributed by atoms with van der Waals surface area (Å²) in [6, 6.07) is 13.7. The first-order chi connectivity index (χ1) is 9.13. The molecule has 19 heavy (non-hydrogen) atoms. The van der Waals surface area contributed by atoms with E-state index in [-0.39, 0.29) is 12.4 Å². The van der Waals surface area contributed by atoms with Crippen LogP contribution in [0.25, 0.3) is 0 Å². The molecule has 0 aliphatic rings. The highest BCUT2D eigenvalue weighted by molar-refractivity contribution is 9.10. The van der Waals surface area contributed by atoms with Gasteiger partial charge in [0.25, 0.3) is 0 Å². The molecule has 0 aliphatic heterocycles. The first-order valence-electron chi connectivity index (χ1n) is 6.01. The molecule has 0 aromatic heterocycles. The molecule has 0 amide bonds. The van der Waals surface area contributed by atoms with Crippen LogP contribution in [0, 0.1) is 5.82 Å². The van der Waals surface area contributed by atoms with Crippen molar-refractivity contribution < 1.29 is 9.50 Å². The van der Waals surface area contributed by atoms with Gasteiger partial charge in [-0.1, -0.05) is 46.3 Å². The summed E-state index contributed by atoms with van der Waals surface area (Å²) in [5.74, 6) is -0.795. The Balaban J connectivity index is 2.32. The molecular weight excluding hydrogens is 309 g/mol. The number of hydrogen-bond acceptors (Lipinski definition) is 2. The number of rotatable bonds is 4. The lowest BCUT2D eigenvalue weighted by Gasteiger charge is -2.22. The quantitative estimate of drug-likeness (QED) is 0.906. The number of halogens is 2. The van der Waals surface area contributed by atoms with E-state index in [1.165, 1.54) is 6.07 Å². The Bertz CT molecular complexity index is 544. The molecule has 0 spiro atoms. The van der Waals surface area contributed by atoms with Gasteiger partial charge in [0.2, 0.25) is 0 Å². The highest BCUT2D eigenvalue weighted by Crippen LogP contribution is 2.32. The van der Waals surface area contributed by atoms with E-state index in [1.807, 2.05) is 12.1 Å². The minimum absolute atomic E-state index is 0.179. The Morgan fingerprint density at radius 2 is 1.74 bits per heavy atom. The molecule has 2 aromatic carbocycles. The molecule has 2 rings (SSSR count). The number of benzene rings is 2. The molecule has 0 fully saturated rings. The second kappa shape index (κ2) is 6.28. The topological polar surface area (TPSA) is 46.2 Å². The van der Waals surface area contributed by atoms with Crippen molar-refractivity contribution in [2.24, 2.45) is 5.73 Å². The summed E-state index contributed by atoms with van der Waals surface area (Å²) in [5, 5.41) is 10.4. The van der Waals surface area contributed by atoms with Gasteiger partial charge in [0.1, 0.15) is 5.82 Å². The maximum atomic E-state index is 13.8. The van der Waals surface area contributed by atoms with Crippen molar-refractivity contribution in [3.8, 4) is 0 Å². The second-order valence-electron chi connectivity index (χ2n) is 4.36. The van der Waals surface area contributed by atoms with Crippen LogP contribution in [0.3, 0.4) is 0 Å². The maximum absolute atomic E-state index is 13.8. The Morgan fingerprint density at radius 3 is 2.32 bits per heavy atom. The monoisotopic (exact) mass is 323 g/mol. The minimum atomic E-state index is -0.824. The molecule has 0 saturated heterocycles. The van der Waals surface area contributed by atoms with E-state index >= 15 is 0 Å². The van der Waals surface area contributed by atoms with Crippen molar-refractivity contribution in [2.45, 2.75) is 12.0 Å². The molecule has 0 bridgehead atoms. The summed E-state index contributed by atoms with van der Waals surface area (Å²) >= 11 is 3.34. The van der Waals surface area contributed by atoms with E-state index < -0.39 is 12.0 Å². The van der Waals surface area contributed by atoms with Gasteiger partial charge < -0.3 is 10.8 Å². The van der Waals surface area contributed by atoms with Gasteiger partial charge in [0.05, 0.1) is 6.10 Å². The van der Waals surface area contributed by atoms with Crippen LogP contribution in [0.2, 0.25) is 0 Å². The number of aliphatic hydroxyl groups is 1. The van der Waals surface area contributed by atoms with Crippen LogP contribution in [0.5, 0.6) is 0 Å². The van der Waals surface area contributed by atoms with E-state index in [2.05, 4.69) is 15.9 Å². The molecule has 0 radical (unpaired) electrons. The zero-order chi connectivity index (χ0) is 13.8. The van der Waals surface area contributed by atoms with Gasteiger partial charge in [0, 0.05) is 16.9 Å². The van der Waals surface area contributed by atoms with Crippen molar-refractivity contribution in [1.29, 1.82) is 0 Å². The van der Waals surface area contributed by atoms with E-state index in [9.17, 15) is 9.50 Å². The normalized spacial score (nSPS) is 14.1. The molecule has 4 heteroatoms. The highest BCUT2D eigenvalue weighted by Gasteiger charge is 2.23. The summed E-state index contributed by atoms with van der Waals surface area (Å²) in [5.41, 5.74) is 6.87. The summed E-state index contributed by atoms with van der Waals surface area (Å²) in [6.07, 6.45) is -0.824. The van der Waals surface area contributed by atoms with Gasteiger partial charge in [0.15, 0.2) is 0 Å². The minimum Gasteiger partial charge on any atom is -0.388 e. The van der Waals surface area contributed by atoms with Crippen molar-refractivity contribution in [1.82, 2.24) is 0 Å². The van der Waals surface area contributed by atoms with E-state index in [0.29, 0.717) is 5.56 Å². The molecule has 0 heterocycles. The van der Waals surface area contributed by atoms with Crippen LogP contribution < -0.4 is 5.73 Å². The second-order valence-corrected chi connectivity index (χ2v) is 5.28. The highest BCUT2D eigenvalue weighted by atomic mass is 79.9. The van der Waals surface area contributed by atoms with Gasteiger partial charge in [-0.3, -0.25) is 0 Å². The SMILES string of the molecule is NCC(c1ccccc1F)C(O)c1ccc(Br)cc1. The molecule has 2 unspecified atom stereocenters. The first-order valence-corrected chi connectivity index (χ1v) is 6.81. The van der Waals surface area contributed by atoms with E-state index in [0.717, 1.165) is 10.0 Å². The fourth-order valence-electron chi connectivity index (χ4n) is 2.09. The predicted molar refractivity (Wildman–Crippen MR) is 77.3 cm³/mol. The molecule has 0 aliphatic carbocycles. The molecular formula is C15H15BrFNO. The summed E-state index contributed by atoms with van der Waals surface area (Å²) in [6.45, 7) is 0.179. The Morgan fingerprint density at radius 1 is 1.11 bits per heavy atom. The molecule has 2 atom stereocenters. The number of nitrogens with two attached hydrogens (primary N) is 1. The average Bonchev–Trinajstić information content (AvgIpc) is 2.42. The van der Waals surface area contributed by atoms with Crippen LogP contribution in [0.4, 0.5) is 4.39 Å². The van der Waals surface area contributed by atoms with Gasteiger partial charge in [-0.2, -0.15) is 0 Å². The largest absolute Gasteiger partial charge is 0.388 e. The van der Waals surface area contributed by atoms with E-state index in [4.69, 9.17) is 5.73 Å². The van der Waals surface area contributed by atoms with Gasteiger partial charge in [-0.25, -0.2) is 4.39 Å². The summed E-state index contributed by atoms with van der Waals surface area (Å²) in [7, 11) is 0. The molecule has 3 N–H and O–H groups in total. The third-order valence-electron chi connectivity index (χ3n) is 3.15. The maximum Gasteiger partial charge on any atom is 0.126 e.